The van der Waals surface area contributed by atoms with Crippen LogP contribution >= 0.6 is 0 Å². The molecule has 4 heterocycles. The Kier molecular flexibility index (Phi) is 5.16. The number of nitrogens with zero attached hydrogens (tertiary/aromatic N) is 5. The molecule has 3 aliphatic heterocycles. The zero-order valence-corrected chi connectivity index (χ0v) is 16.2. The van der Waals surface area contributed by atoms with Crippen molar-refractivity contribution in [1.29, 1.82) is 0 Å². The molecule has 0 aromatic carbocycles. The Labute approximate surface area is 159 Å². The number of carbonyl (C=O) groups is 2. The van der Waals surface area contributed by atoms with Gasteiger partial charge in [0.15, 0.2) is 0 Å². The van der Waals surface area contributed by atoms with E-state index in [4.69, 9.17) is 4.74 Å². The summed E-state index contributed by atoms with van der Waals surface area (Å²) in [5.41, 5.74) is -0.708. The first-order valence-electron chi connectivity index (χ1n) is 10.2. The maximum absolute atomic E-state index is 13.4. The number of hydrogen-bond donors (Lipinski definition) is 0. The van der Waals surface area contributed by atoms with Crippen LogP contribution in [-0.4, -0.2) is 75.3 Å². The Bertz CT molecular complexity index is 718. The highest BCUT2D eigenvalue weighted by Crippen LogP contribution is 2.39. The van der Waals surface area contributed by atoms with Crippen molar-refractivity contribution in [1.82, 2.24) is 24.6 Å². The molecule has 2 amide bonds. The third-order valence-electron chi connectivity index (χ3n) is 6.30. The van der Waals surface area contributed by atoms with E-state index in [1.54, 1.807) is 12.0 Å². The molecule has 0 saturated carbocycles. The second kappa shape index (κ2) is 7.58. The Balaban J connectivity index is 1.60. The van der Waals surface area contributed by atoms with Gasteiger partial charge in [0.05, 0.1) is 6.61 Å². The van der Waals surface area contributed by atoms with Crippen molar-refractivity contribution in [3.05, 3.63) is 11.6 Å². The van der Waals surface area contributed by atoms with E-state index in [2.05, 4.69) is 10.2 Å². The molecule has 148 valence electrons. The molecule has 2 fully saturated rings. The van der Waals surface area contributed by atoms with Crippen molar-refractivity contribution in [2.75, 3.05) is 33.4 Å². The summed E-state index contributed by atoms with van der Waals surface area (Å²) in [5.74, 6) is 1.26. The summed E-state index contributed by atoms with van der Waals surface area (Å²) in [6, 6.07) is 0. The fourth-order valence-corrected chi connectivity index (χ4v) is 4.90. The second-order valence-corrected chi connectivity index (χ2v) is 7.88. The van der Waals surface area contributed by atoms with E-state index < -0.39 is 5.54 Å². The standard InChI is InChI=1S/C19H29N5O3/c1-27-14-13-22-10-5-8-19(18(22)26)9-6-12-24(19)17(25)16-21-20-15-7-3-2-4-11-23(15)16/h2-14H2,1H3. The summed E-state index contributed by atoms with van der Waals surface area (Å²) in [6.07, 6.45) is 7.40. The number of carbonyl (C=O) groups excluding carboxylic acids is 2. The topological polar surface area (TPSA) is 80.6 Å². The van der Waals surface area contributed by atoms with Gasteiger partial charge in [-0.05, 0) is 38.5 Å². The van der Waals surface area contributed by atoms with Crippen LogP contribution in [0, 0.1) is 0 Å². The van der Waals surface area contributed by atoms with Gasteiger partial charge in [-0.15, -0.1) is 10.2 Å². The van der Waals surface area contributed by atoms with Crippen LogP contribution in [0.25, 0.3) is 0 Å². The minimum absolute atomic E-state index is 0.0762. The summed E-state index contributed by atoms with van der Waals surface area (Å²) in [4.78, 5) is 30.4. The van der Waals surface area contributed by atoms with Crippen LogP contribution in [0.1, 0.15) is 61.4 Å². The van der Waals surface area contributed by atoms with Gasteiger partial charge in [-0.3, -0.25) is 9.59 Å². The predicted octanol–water partition coefficient (Wildman–Crippen LogP) is 1.25. The van der Waals surface area contributed by atoms with Crippen molar-refractivity contribution in [2.24, 2.45) is 0 Å². The lowest BCUT2D eigenvalue weighted by Gasteiger charge is -2.44. The quantitative estimate of drug-likeness (QED) is 0.791. The third-order valence-corrected chi connectivity index (χ3v) is 6.30. The summed E-state index contributed by atoms with van der Waals surface area (Å²) in [6.45, 7) is 3.25. The molecule has 0 bridgehead atoms. The van der Waals surface area contributed by atoms with E-state index in [0.29, 0.717) is 25.5 Å². The van der Waals surface area contributed by atoms with Crippen LogP contribution in [0.5, 0.6) is 0 Å². The van der Waals surface area contributed by atoms with E-state index in [0.717, 1.165) is 70.3 Å². The number of hydrogen-bond acceptors (Lipinski definition) is 5. The van der Waals surface area contributed by atoms with Gasteiger partial charge in [0.1, 0.15) is 11.4 Å². The molecule has 1 aromatic rings. The number of amides is 2. The fourth-order valence-electron chi connectivity index (χ4n) is 4.90. The van der Waals surface area contributed by atoms with E-state index in [1.165, 1.54) is 0 Å². The van der Waals surface area contributed by atoms with Crippen molar-refractivity contribution < 1.29 is 14.3 Å². The summed E-state index contributed by atoms with van der Waals surface area (Å²) in [7, 11) is 1.65. The van der Waals surface area contributed by atoms with Gasteiger partial charge in [-0.1, -0.05) is 6.42 Å². The number of ether oxygens (including phenoxy) is 1. The van der Waals surface area contributed by atoms with Gasteiger partial charge in [-0.25, -0.2) is 0 Å². The first-order chi connectivity index (χ1) is 13.2. The third kappa shape index (κ3) is 3.13. The maximum atomic E-state index is 13.4. The van der Waals surface area contributed by atoms with Crippen LogP contribution in [0.2, 0.25) is 0 Å². The van der Waals surface area contributed by atoms with Crippen molar-refractivity contribution in [3.8, 4) is 0 Å². The van der Waals surface area contributed by atoms with Gasteiger partial charge < -0.3 is 19.1 Å². The Morgan fingerprint density at radius 1 is 1.07 bits per heavy atom. The highest BCUT2D eigenvalue weighted by Gasteiger charge is 2.53. The minimum Gasteiger partial charge on any atom is -0.383 e. The van der Waals surface area contributed by atoms with Crippen molar-refractivity contribution >= 4 is 11.8 Å². The Hall–Kier alpha value is -1.96. The molecule has 2 saturated heterocycles. The van der Waals surface area contributed by atoms with Crippen LogP contribution in [0.4, 0.5) is 0 Å². The number of aryl methyl sites for hydroxylation is 1. The normalized spacial score (nSPS) is 25.7. The molecule has 8 heteroatoms. The largest absolute Gasteiger partial charge is 0.383 e. The molecule has 1 aromatic heterocycles. The molecule has 3 aliphatic rings. The number of fused-ring (bicyclic) bond motifs is 1. The second-order valence-electron chi connectivity index (χ2n) is 7.88. The highest BCUT2D eigenvalue weighted by molar-refractivity contribution is 5.98. The minimum atomic E-state index is -0.708. The Morgan fingerprint density at radius 2 is 1.89 bits per heavy atom. The average Bonchev–Trinajstić information content (AvgIpc) is 3.20. The summed E-state index contributed by atoms with van der Waals surface area (Å²) < 4.78 is 7.14. The monoisotopic (exact) mass is 375 g/mol. The molecule has 4 rings (SSSR count). The molecule has 8 nitrogen and oxygen atoms in total. The van der Waals surface area contributed by atoms with Gasteiger partial charge in [0.2, 0.25) is 11.7 Å². The molecule has 1 spiro atoms. The number of aromatic nitrogens is 3. The number of likely N-dealkylation sites (tertiary alicyclic amines) is 2. The van der Waals surface area contributed by atoms with Gasteiger partial charge in [0, 0.05) is 39.7 Å². The molecule has 0 radical (unpaired) electrons. The van der Waals surface area contributed by atoms with E-state index >= 15 is 0 Å². The number of methoxy groups -OCH3 is 1. The summed E-state index contributed by atoms with van der Waals surface area (Å²) >= 11 is 0. The van der Waals surface area contributed by atoms with Crippen LogP contribution in [0.3, 0.4) is 0 Å². The van der Waals surface area contributed by atoms with Gasteiger partial charge in [-0.2, -0.15) is 0 Å². The molecular formula is C19H29N5O3. The van der Waals surface area contributed by atoms with Gasteiger partial charge in [0.25, 0.3) is 5.91 Å². The van der Waals surface area contributed by atoms with E-state index in [-0.39, 0.29) is 11.8 Å². The average molecular weight is 375 g/mol. The SMILES string of the molecule is COCCN1CCCC2(CCCN2C(=O)c2nnc3n2CCCCC3)C1=O. The maximum Gasteiger partial charge on any atom is 0.292 e. The van der Waals surface area contributed by atoms with E-state index in [1.807, 2.05) is 9.47 Å². The number of piperidine rings is 1. The first kappa shape index (κ1) is 18.4. The molecular weight excluding hydrogens is 346 g/mol. The van der Waals surface area contributed by atoms with Crippen molar-refractivity contribution in [2.45, 2.75) is 63.5 Å². The predicted molar refractivity (Wildman–Crippen MR) is 98.3 cm³/mol. The lowest BCUT2D eigenvalue weighted by atomic mass is 9.85. The zero-order chi connectivity index (χ0) is 18.9. The Morgan fingerprint density at radius 3 is 2.70 bits per heavy atom. The first-order valence-corrected chi connectivity index (χ1v) is 10.2. The molecule has 1 unspecified atom stereocenters. The van der Waals surface area contributed by atoms with Crippen LogP contribution in [0.15, 0.2) is 0 Å². The zero-order valence-electron chi connectivity index (χ0n) is 16.2. The fraction of sp³-hybridized carbons (Fsp3) is 0.789. The van der Waals surface area contributed by atoms with Crippen LogP contribution in [-0.2, 0) is 22.5 Å². The molecule has 0 aliphatic carbocycles. The lowest BCUT2D eigenvalue weighted by molar-refractivity contribution is -0.146. The van der Waals surface area contributed by atoms with Crippen molar-refractivity contribution in [3.63, 3.8) is 0 Å². The molecule has 1 atom stereocenters. The molecule has 0 N–H and O–H groups in total. The van der Waals surface area contributed by atoms with Gasteiger partial charge >= 0.3 is 0 Å². The molecule has 27 heavy (non-hydrogen) atoms. The van der Waals surface area contributed by atoms with Crippen LogP contribution < -0.4 is 0 Å². The van der Waals surface area contributed by atoms with E-state index in [9.17, 15) is 9.59 Å². The summed E-state index contributed by atoms with van der Waals surface area (Å²) in [5, 5.41) is 8.50. The smallest absolute Gasteiger partial charge is 0.292 e. The lowest BCUT2D eigenvalue weighted by Crippen LogP contribution is -2.61. The number of rotatable bonds is 4. The highest BCUT2D eigenvalue weighted by atomic mass is 16.5.